The summed E-state index contributed by atoms with van der Waals surface area (Å²) in [5.41, 5.74) is 1.86. The van der Waals surface area contributed by atoms with Crippen LogP contribution < -0.4 is 9.47 Å². The maximum absolute atomic E-state index is 13.3. The van der Waals surface area contributed by atoms with E-state index < -0.39 is 17.7 Å². The molecular weight excluding hydrogens is 458 g/mol. The number of aliphatic hydroxyl groups excluding tert-OH is 1. The van der Waals surface area contributed by atoms with Gasteiger partial charge in [-0.25, -0.2) is 0 Å². The number of ether oxygens (including phenoxy) is 3. The van der Waals surface area contributed by atoms with Gasteiger partial charge in [-0.15, -0.1) is 0 Å². The summed E-state index contributed by atoms with van der Waals surface area (Å²) in [6.07, 6.45) is 0.638. The van der Waals surface area contributed by atoms with Crippen LogP contribution in [0.3, 0.4) is 0 Å². The molecule has 0 spiro atoms. The molecular formula is C29H37NO6. The zero-order valence-electron chi connectivity index (χ0n) is 22.3. The Morgan fingerprint density at radius 2 is 1.69 bits per heavy atom. The molecule has 7 nitrogen and oxygen atoms in total. The summed E-state index contributed by atoms with van der Waals surface area (Å²) < 4.78 is 16.4. The zero-order chi connectivity index (χ0) is 26.6. The highest BCUT2D eigenvalue weighted by Gasteiger charge is 2.45. The van der Waals surface area contributed by atoms with Gasteiger partial charge in [0.25, 0.3) is 11.7 Å². The van der Waals surface area contributed by atoms with Crippen molar-refractivity contribution in [1.29, 1.82) is 0 Å². The van der Waals surface area contributed by atoms with E-state index in [0.717, 1.165) is 5.56 Å². The topological polar surface area (TPSA) is 85.3 Å². The van der Waals surface area contributed by atoms with Gasteiger partial charge in [-0.2, -0.15) is 0 Å². The number of rotatable bonds is 9. The molecule has 0 saturated carbocycles. The molecule has 36 heavy (non-hydrogen) atoms. The molecule has 1 fully saturated rings. The Bertz CT molecular complexity index is 1130. The van der Waals surface area contributed by atoms with E-state index in [1.165, 1.54) is 4.90 Å². The normalized spacial score (nSPS) is 17.7. The van der Waals surface area contributed by atoms with Gasteiger partial charge >= 0.3 is 0 Å². The number of hydrogen-bond acceptors (Lipinski definition) is 6. The predicted octanol–water partition coefficient (Wildman–Crippen LogP) is 5.24. The molecule has 0 aromatic heterocycles. The van der Waals surface area contributed by atoms with Crippen LogP contribution in [0.4, 0.5) is 0 Å². The smallest absolute Gasteiger partial charge is 0.295 e. The van der Waals surface area contributed by atoms with Crippen LogP contribution in [0, 0.1) is 0 Å². The minimum absolute atomic E-state index is 0.0694. The minimum Gasteiger partial charge on any atom is -0.507 e. The molecule has 1 saturated heterocycles. The predicted molar refractivity (Wildman–Crippen MR) is 139 cm³/mol. The highest BCUT2D eigenvalue weighted by Crippen LogP contribution is 2.41. The summed E-state index contributed by atoms with van der Waals surface area (Å²) in [7, 11) is 3.18. The number of amides is 1. The number of methoxy groups -OCH3 is 2. The molecule has 1 aliphatic heterocycles. The SMILES string of the molecule is COc1ccc(C2/C(=C(/O)c3ccc(OC)c(C(C)(C)C)c3)C(=O)C(=O)N2CCCOC(C)C)cc1. The lowest BCUT2D eigenvalue weighted by molar-refractivity contribution is -0.140. The van der Waals surface area contributed by atoms with Gasteiger partial charge in [-0.05, 0) is 61.6 Å². The summed E-state index contributed by atoms with van der Waals surface area (Å²) >= 11 is 0. The molecule has 1 amide bonds. The third kappa shape index (κ3) is 5.73. The van der Waals surface area contributed by atoms with Crippen molar-refractivity contribution in [3.8, 4) is 11.5 Å². The largest absolute Gasteiger partial charge is 0.507 e. The summed E-state index contributed by atoms with van der Waals surface area (Å²) in [4.78, 5) is 28.0. The van der Waals surface area contributed by atoms with Crippen LogP contribution in [0.2, 0.25) is 0 Å². The van der Waals surface area contributed by atoms with Gasteiger partial charge in [-0.1, -0.05) is 32.9 Å². The van der Waals surface area contributed by atoms with Crippen LogP contribution in [0.5, 0.6) is 11.5 Å². The zero-order valence-corrected chi connectivity index (χ0v) is 22.3. The molecule has 1 atom stereocenters. The average Bonchev–Trinajstić information content (AvgIpc) is 3.10. The van der Waals surface area contributed by atoms with Gasteiger partial charge in [0.2, 0.25) is 0 Å². The molecule has 0 aliphatic carbocycles. The Kier molecular flexibility index (Phi) is 8.46. The van der Waals surface area contributed by atoms with E-state index in [2.05, 4.69) is 0 Å². The number of aliphatic hydroxyl groups is 1. The summed E-state index contributed by atoms with van der Waals surface area (Å²) in [5.74, 6) is -0.191. The quantitative estimate of drug-likeness (QED) is 0.222. The Morgan fingerprint density at radius 1 is 1.03 bits per heavy atom. The Morgan fingerprint density at radius 3 is 2.25 bits per heavy atom. The first-order chi connectivity index (χ1) is 17.0. The fourth-order valence-corrected chi connectivity index (χ4v) is 4.39. The Hall–Kier alpha value is -3.32. The van der Waals surface area contributed by atoms with Crippen LogP contribution in [0.25, 0.3) is 5.76 Å². The van der Waals surface area contributed by atoms with Crippen molar-refractivity contribution in [2.45, 2.75) is 58.6 Å². The van der Waals surface area contributed by atoms with Crippen molar-refractivity contribution in [3.05, 3.63) is 64.7 Å². The monoisotopic (exact) mass is 495 g/mol. The minimum atomic E-state index is -0.727. The van der Waals surface area contributed by atoms with Crippen molar-refractivity contribution in [3.63, 3.8) is 0 Å². The van der Waals surface area contributed by atoms with Gasteiger partial charge < -0.3 is 24.2 Å². The van der Waals surface area contributed by atoms with Crippen molar-refractivity contribution >= 4 is 17.4 Å². The van der Waals surface area contributed by atoms with Gasteiger partial charge in [0.1, 0.15) is 17.3 Å². The number of Topliss-reactive ketones (excluding diaryl/α,β-unsaturated/α-hetero) is 1. The number of carbonyl (C=O) groups excluding carboxylic acids is 2. The standard InChI is InChI=1S/C29H37NO6/c1-18(2)36-16-8-15-30-25(19-9-12-21(34-6)13-10-19)24(27(32)28(30)33)26(31)20-11-14-23(35-7)22(17-20)29(3,4)5/h9-14,17-18,25,31H,8,15-16H2,1-7H3/b26-24-. The summed E-state index contributed by atoms with van der Waals surface area (Å²) in [5, 5.41) is 11.4. The average molecular weight is 496 g/mol. The van der Waals surface area contributed by atoms with E-state index >= 15 is 0 Å². The molecule has 1 heterocycles. The molecule has 1 aliphatic rings. The van der Waals surface area contributed by atoms with Crippen molar-refractivity contribution in [2.24, 2.45) is 0 Å². The van der Waals surface area contributed by atoms with Crippen LogP contribution in [0.1, 0.15) is 63.8 Å². The second-order valence-electron chi connectivity index (χ2n) is 10.2. The lowest BCUT2D eigenvalue weighted by Crippen LogP contribution is -2.31. The number of nitrogens with zero attached hydrogens (tertiary/aromatic N) is 1. The summed E-state index contributed by atoms with van der Waals surface area (Å²) in [6, 6.07) is 11.8. The molecule has 1 N–H and O–H groups in total. The molecule has 0 radical (unpaired) electrons. The van der Waals surface area contributed by atoms with E-state index in [1.54, 1.807) is 38.5 Å². The number of benzene rings is 2. The van der Waals surface area contributed by atoms with Crippen LogP contribution in [-0.2, 0) is 19.7 Å². The summed E-state index contributed by atoms with van der Waals surface area (Å²) in [6.45, 7) is 10.8. The van der Waals surface area contributed by atoms with E-state index in [4.69, 9.17) is 14.2 Å². The van der Waals surface area contributed by atoms with E-state index in [9.17, 15) is 14.7 Å². The number of ketones is 1. The second-order valence-corrected chi connectivity index (χ2v) is 10.2. The molecule has 0 bridgehead atoms. The lowest BCUT2D eigenvalue weighted by atomic mass is 9.84. The Balaban J connectivity index is 2.11. The fourth-order valence-electron chi connectivity index (χ4n) is 4.39. The number of carbonyl (C=O) groups is 2. The van der Waals surface area contributed by atoms with Crippen LogP contribution in [-0.4, -0.2) is 55.2 Å². The first kappa shape index (κ1) is 27.3. The van der Waals surface area contributed by atoms with Crippen molar-refractivity contribution in [1.82, 2.24) is 4.90 Å². The molecule has 2 aromatic rings. The molecule has 1 unspecified atom stereocenters. The number of likely N-dealkylation sites (tertiary alicyclic amines) is 1. The van der Waals surface area contributed by atoms with Crippen LogP contribution in [0.15, 0.2) is 48.0 Å². The van der Waals surface area contributed by atoms with Gasteiger partial charge in [0, 0.05) is 24.3 Å². The second kappa shape index (κ2) is 11.2. The third-order valence-corrected chi connectivity index (χ3v) is 6.25. The first-order valence-electron chi connectivity index (χ1n) is 12.2. The maximum atomic E-state index is 13.3. The fraction of sp³-hybridized carbons (Fsp3) is 0.448. The molecule has 194 valence electrons. The molecule has 7 heteroatoms. The molecule has 2 aromatic carbocycles. The van der Waals surface area contributed by atoms with E-state index in [1.807, 2.05) is 52.8 Å². The number of hydrogen-bond donors (Lipinski definition) is 1. The highest BCUT2D eigenvalue weighted by molar-refractivity contribution is 6.46. The maximum Gasteiger partial charge on any atom is 0.295 e. The van der Waals surface area contributed by atoms with Crippen LogP contribution >= 0.6 is 0 Å². The highest BCUT2D eigenvalue weighted by atomic mass is 16.5. The Labute approximate surface area is 213 Å². The third-order valence-electron chi connectivity index (χ3n) is 6.25. The lowest BCUT2D eigenvalue weighted by Gasteiger charge is -2.26. The van der Waals surface area contributed by atoms with Gasteiger partial charge in [0.15, 0.2) is 0 Å². The van der Waals surface area contributed by atoms with Crippen molar-refractivity contribution in [2.75, 3.05) is 27.4 Å². The first-order valence-corrected chi connectivity index (χ1v) is 12.2. The van der Waals surface area contributed by atoms with E-state index in [0.29, 0.717) is 42.2 Å². The van der Waals surface area contributed by atoms with E-state index in [-0.39, 0.29) is 22.9 Å². The van der Waals surface area contributed by atoms with Gasteiger partial charge in [0.05, 0.1) is 31.9 Å². The van der Waals surface area contributed by atoms with Gasteiger partial charge in [-0.3, -0.25) is 9.59 Å². The van der Waals surface area contributed by atoms with Crippen molar-refractivity contribution < 1.29 is 28.9 Å². The molecule has 3 rings (SSSR count).